The second kappa shape index (κ2) is 28.2. The highest BCUT2D eigenvalue weighted by molar-refractivity contribution is 7.51. The topological polar surface area (TPSA) is 236 Å². The van der Waals surface area contributed by atoms with E-state index in [9.17, 15) is 46.5 Å². The fourth-order valence-corrected chi connectivity index (χ4v) is 7.25. The quantitative estimate of drug-likeness (QED) is 0.0425. The van der Waals surface area contributed by atoms with Crippen molar-refractivity contribution in [3.05, 3.63) is 115 Å². The van der Waals surface area contributed by atoms with E-state index in [2.05, 4.69) is 19.2 Å². The number of nitrogens with zero attached hydrogens (tertiary/aromatic N) is 4. The van der Waals surface area contributed by atoms with Gasteiger partial charge in [-0.05, 0) is 75.1 Å². The highest BCUT2D eigenvalue weighted by Crippen LogP contribution is 2.35. The van der Waals surface area contributed by atoms with E-state index in [-0.39, 0.29) is 46.7 Å². The lowest BCUT2D eigenvalue weighted by Gasteiger charge is -2.35. The first-order chi connectivity index (χ1) is 32.6. The van der Waals surface area contributed by atoms with E-state index in [1.807, 2.05) is 49.4 Å². The maximum absolute atomic E-state index is 12.9. The third-order valence-electron chi connectivity index (χ3n) is 9.35. The lowest BCUT2D eigenvalue weighted by atomic mass is 10.0. The van der Waals surface area contributed by atoms with Gasteiger partial charge in [0.2, 0.25) is 5.91 Å². The van der Waals surface area contributed by atoms with E-state index in [4.69, 9.17) is 75.5 Å². The molecule has 3 aromatic carbocycles. The number of alkyl halides is 6. The Morgan fingerprint density at radius 1 is 0.986 bits per heavy atom. The summed E-state index contributed by atoms with van der Waals surface area (Å²) in [5, 5.41) is 10.1. The van der Waals surface area contributed by atoms with Crippen LogP contribution >= 0.6 is 54.0 Å². The molecule has 1 unspecified atom stereocenters. The number of nitrogens with one attached hydrogen (secondary N) is 1. The third kappa shape index (κ3) is 18.0. The molecule has 0 radical (unpaired) electrons. The average molecular weight is 1090 g/mol. The van der Waals surface area contributed by atoms with E-state index in [0.29, 0.717) is 27.6 Å². The van der Waals surface area contributed by atoms with Gasteiger partial charge >= 0.3 is 31.4 Å². The molecule has 2 heterocycles. The standard InChI is InChI=1S/C16H14ClF3N2O4.C14H20ClNO2.C11H11Cl2NO2.C3H8NO5P/c1-8(2)26-14(24)10-6-9(4-5-11(10)17)22-13(23)7-12(16(18,19)20)21(3)15(22)25;1-4-11-7-6-8-12(5-2)14(11)16(10-18-3)13(17)9-15;1-7-6-16-9-5-3-2-4-8(9)14(7)11(15)10(12)13;5-3(6)1-4-2-10(7,8)9/h4-8H,1-3H3;6-8H,4-5,9-10H2,1-3H3;2-5,7,10H,6H2,1H3;4H,1-2H2,(H,5,6)(H2,7,8,9). The van der Waals surface area contributed by atoms with Crippen LogP contribution in [0.5, 0.6) is 5.75 Å². The number of anilines is 2. The number of amides is 2. The van der Waals surface area contributed by atoms with Crippen LogP contribution in [0.1, 0.15) is 61.8 Å². The first-order valence-corrected chi connectivity index (χ1v) is 24.4. The summed E-state index contributed by atoms with van der Waals surface area (Å²) in [6.45, 7) is 9.52. The number of para-hydroxylation sites is 3. The summed E-state index contributed by atoms with van der Waals surface area (Å²) in [6, 6.07) is 17.3. The van der Waals surface area contributed by atoms with Gasteiger partial charge < -0.3 is 34.0 Å². The van der Waals surface area contributed by atoms with Crippen molar-refractivity contribution in [3.8, 4) is 11.4 Å². The number of aliphatic carboxylic acids is 1. The summed E-state index contributed by atoms with van der Waals surface area (Å²) in [5.41, 5.74) is -0.0446. The number of aryl methyl sites for hydroxylation is 2. The molecule has 70 heavy (non-hydrogen) atoms. The summed E-state index contributed by atoms with van der Waals surface area (Å²) < 4.78 is 65.2. The van der Waals surface area contributed by atoms with Gasteiger partial charge in [0.1, 0.15) is 30.7 Å². The van der Waals surface area contributed by atoms with Crippen LogP contribution in [0.3, 0.4) is 0 Å². The molecule has 1 aliphatic heterocycles. The highest BCUT2D eigenvalue weighted by atomic mass is 35.5. The Kier molecular flexibility index (Phi) is 24.6. The van der Waals surface area contributed by atoms with Gasteiger partial charge in [-0.2, -0.15) is 13.2 Å². The van der Waals surface area contributed by atoms with E-state index in [1.54, 1.807) is 30.8 Å². The van der Waals surface area contributed by atoms with Gasteiger partial charge in [-0.3, -0.25) is 38.5 Å². The van der Waals surface area contributed by atoms with E-state index in [1.165, 1.54) is 12.1 Å². The summed E-state index contributed by atoms with van der Waals surface area (Å²) in [4.78, 5) is 88.6. The number of ether oxygens (including phenoxy) is 3. The van der Waals surface area contributed by atoms with Crippen LogP contribution in [-0.4, -0.2) is 104 Å². The van der Waals surface area contributed by atoms with Crippen molar-refractivity contribution in [1.82, 2.24) is 14.5 Å². The Morgan fingerprint density at radius 2 is 1.59 bits per heavy atom. The number of benzene rings is 3. The molecule has 386 valence electrons. The van der Waals surface area contributed by atoms with Gasteiger partial charge in [0.15, 0.2) is 4.84 Å². The monoisotopic (exact) mass is 1090 g/mol. The summed E-state index contributed by atoms with van der Waals surface area (Å²) in [7, 11) is -1.62. The maximum atomic E-state index is 12.9. The number of carboxylic acid groups (broad SMARTS) is 1. The largest absolute Gasteiger partial charge is 0.489 e. The first-order valence-electron chi connectivity index (χ1n) is 20.8. The fourth-order valence-electron chi connectivity index (χ4n) is 6.30. The second-order valence-electron chi connectivity index (χ2n) is 14.9. The first kappa shape index (κ1) is 61.2. The normalized spacial score (nSPS) is 13.1. The molecule has 18 nitrogen and oxygen atoms in total. The van der Waals surface area contributed by atoms with Crippen LogP contribution in [0.25, 0.3) is 5.69 Å². The Bertz CT molecular complexity index is 2590. The molecule has 5 rings (SSSR count). The number of carbonyl (C=O) groups excluding carboxylic acids is 3. The van der Waals surface area contributed by atoms with Gasteiger partial charge in [0.05, 0.1) is 52.6 Å². The lowest BCUT2D eigenvalue weighted by Crippen LogP contribution is -2.47. The highest BCUT2D eigenvalue weighted by Gasteiger charge is 2.35. The molecule has 0 aliphatic carbocycles. The second-order valence-corrected chi connectivity index (χ2v) is 18.4. The molecule has 1 aliphatic rings. The molecular weight excluding hydrogens is 1040 g/mol. The minimum atomic E-state index is -4.86. The molecule has 1 aromatic heterocycles. The van der Waals surface area contributed by atoms with Crippen LogP contribution in [0.15, 0.2) is 76.3 Å². The number of halogens is 7. The Labute approximate surface area is 420 Å². The Morgan fingerprint density at radius 3 is 2.09 bits per heavy atom. The minimum Gasteiger partial charge on any atom is -0.489 e. The van der Waals surface area contributed by atoms with E-state index < -0.39 is 66.4 Å². The van der Waals surface area contributed by atoms with Crippen molar-refractivity contribution in [2.24, 2.45) is 7.05 Å². The van der Waals surface area contributed by atoms with Crippen molar-refractivity contribution in [2.45, 2.75) is 70.6 Å². The summed E-state index contributed by atoms with van der Waals surface area (Å²) >= 11 is 22.9. The number of carbonyl (C=O) groups is 4. The van der Waals surface area contributed by atoms with Gasteiger partial charge in [-0.25, -0.2) is 14.2 Å². The van der Waals surface area contributed by atoms with Gasteiger partial charge in [0, 0.05) is 20.2 Å². The van der Waals surface area contributed by atoms with Crippen LogP contribution in [0, 0.1) is 0 Å². The number of fused-ring (bicyclic) bond motifs is 1. The predicted octanol–water partition coefficient (Wildman–Crippen LogP) is 7.16. The third-order valence-corrected chi connectivity index (χ3v) is 10.9. The van der Waals surface area contributed by atoms with Crippen LogP contribution in [-0.2, 0) is 54.5 Å². The number of hydrogen-bond donors (Lipinski definition) is 4. The zero-order valence-electron chi connectivity index (χ0n) is 38.8. The molecular formula is C44H53Cl4F3N5O13P. The number of esters is 1. The lowest BCUT2D eigenvalue weighted by molar-refractivity contribution is -0.144. The van der Waals surface area contributed by atoms with Gasteiger partial charge in [-0.15, -0.1) is 11.6 Å². The Balaban J connectivity index is 0.000000337. The van der Waals surface area contributed by atoms with Crippen LogP contribution < -0.4 is 31.1 Å². The number of aromatic nitrogens is 2. The average Bonchev–Trinajstić information content (AvgIpc) is 3.28. The smallest absolute Gasteiger partial charge is 0.431 e. The maximum Gasteiger partial charge on any atom is 0.431 e. The molecule has 4 N–H and O–H groups in total. The van der Waals surface area contributed by atoms with Crippen molar-refractivity contribution in [2.75, 3.05) is 49.0 Å². The zero-order valence-corrected chi connectivity index (χ0v) is 42.8. The number of carboxylic acids is 1. The summed E-state index contributed by atoms with van der Waals surface area (Å²) in [6.07, 6.45) is -4.15. The van der Waals surface area contributed by atoms with Crippen LogP contribution in [0.4, 0.5) is 24.5 Å². The molecule has 1 atom stereocenters. The van der Waals surface area contributed by atoms with Gasteiger partial charge in [0.25, 0.3) is 11.5 Å². The molecule has 26 heteroatoms. The molecule has 0 spiro atoms. The van der Waals surface area contributed by atoms with E-state index in [0.717, 1.165) is 48.5 Å². The minimum absolute atomic E-state index is 0.0104. The number of rotatable bonds is 14. The number of hydrogen-bond acceptors (Lipinski definition) is 11. The van der Waals surface area contributed by atoms with Crippen molar-refractivity contribution >= 4 is 89.1 Å². The zero-order chi connectivity index (χ0) is 53.3. The SMILES string of the molecule is CC(C)OC(=O)c1cc(-n2c(=O)cc(C(F)(F)F)n(C)c2=O)ccc1Cl.CC1COc2ccccc2N1C(=O)C(Cl)Cl.CCc1cccc(CC)c1N(COC)C(=O)CCl.O=C(O)CNCP(=O)(O)O. The van der Waals surface area contributed by atoms with Crippen LogP contribution in [0.2, 0.25) is 5.02 Å². The predicted molar refractivity (Wildman–Crippen MR) is 260 cm³/mol. The van der Waals surface area contributed by atoms with Crippen molar-refractivity contribution in [1.29, 1.82) is 0 Å². The summed E-state index contributed by atoms with van der Waals surface area (Å²) in [5.74, 6) is -1.73. The number of methoxy groups -OCH3 is 1. The molecule has 0 fully saturated rings. The fraction of sp³-hybridized carbons (Fsp3) is 0.409. The van der Waals surface area contributed by atoms with E-state index >= 15 is 0 Å². The molecule has 0 bridgehead atoms. The molecule has 0 saturated heterocycles. The molecule has 0 saturated carbocycles. The van der Waals surface area contributed by atoms with Crippen molar-refractivity contribution in [3.63, 3.8) is 0 Å². The molecule has 2 amide bonds. The van der Waals surface area contributed by atoms with Crippen molar-refractivity contribution < 1.29 is 66.0 Å². The van der Waals surface area contributed by atoms with Gasteiger partial charge in [-0.1, -0.05) is 79.0 Å². The molecule has 4 aromatic rings. The Hall–Kier alpha value is -4.96.